The lowest BCUT2D eigenvalue weighted by molar-refractivity contribution is -0.118. The quantitative estimate of drug-likeness (QED) is 0.0246. The molecule has 0 radical (unpaired) electrons. The summed E-state index contributed by atoms with van der Waals surface area (Å²) in [5.41, 5.74) is 7.72. The summed E-state index contributed by atoms with van der Waals surface area (Å²) in [4.78, 5) is 47.4. The van der Waals surface area contributed by atoms with Crippen LogP contribution >= 0.6 is 34.8 Å². The average molecular weight is 1200 g/mol. The normalized spacial score (nSPS) is 11.2. The predicted molar refractivity (Wildman–Crippen MR) is 271 cm³/mol. The molecule has 10 aromatic rings. The minimum absolute atomic E-state index is 0.0182. The molecule has 6 N–H and O–H groups in total. The molecule has 428 valence electrons. The molecule has 10 rings (SSSR count). The number of carbonyl (C=O) groups excluding carboxylic acids is 1. The van der Waals surface area contributed by atoms with Crippen LogP contribution in [0.15, 0.2) is 92.1 Å². The first kappa shape index (κ1) is 58.4. The van der Waals surface area contributed by atoms with Crippen molar-refractivity contribution < 1.29 is 60.3 Å². The molecule has 7 aromatic heterocycles. The van der Waals surface area contributed by atoms with E-state index in [1.165, 1.54) is 36.4 Å². The van der Waals surface area contributed by atoms with Crippen LogP contribution in [0, 0.1) is 31.3 Å². The van der Waals surface area contributed by atoms with E-state index in [9.17, 15) is 32.8 Å². The van der Waals surface area contributed by atoms with Crippen LogP contribution in [-0.2, 0) is 17.6 Å². The number of nitrogens with zero attached hydrogens (tertiary/aromatic N) is 15. The number of aromatic amines is 2. The van der Waals surface area contributed by atoms with Crippen molar-refractivity contribution >= 4 is 52.2 Å². The number of ether oxygens (including phenoxy) is 3. The summed E-state index contributed by atoms with van der Waals surface area (Å²) < 4.78 is 81.9. The first-order chi connectivity index (χ1) is 39.6. The Morgan fingerprint density at radius 1 is 0.646 bits per heavy atom. The van der Waals surface area contributed by atoms with Gasteiger partial charge in [-0.3, -0.25) is 34.7 Å². The Morgan fingerprint density at radius 2 is 1.10 bits per heavy atom. The van der Waals surface area contributed by atoms with E-state index in [4.69, 9.17) is 63.9 Å². The fourth-order valence-corrected chi connectivity index (χ4v) is 7.30. The van der Waals surface area contributed by atoms with Crippen LogP contribution < -0.4 is 36.9 Å². The molecule has 37 heteroatoms. The van der Waals surface area contributed by atoms with Crippen molar-refractivity contribution in [3.8, 4) is 52.1 Å². The van der Waals surface area contributed by atoms with Crippen molar-refractivity contribution in [2.45, 2.75) is 52.4 Å². The van der Waals surface area contributed by atoms with Gasteiger partial charge in [0.15, 0.2) is 17.5 Å². The maximum absolute atomic E-state index is 13.4. The van der Waals surface area contributed by atoms with E-state index in [2.05, 4.69) is 90.4 Å². The number of hydrogen-bond donors (Lipinski definition) is 5. The molecule has 1 amide bonds. The lowest BCUT2D eigenvalue weighted by Gasteiger charge is -2.05. The first-order valence-electron chi connectivity index (χ1n) is 23.5. The van der Waals surface area contributed by atoms with Gasteiger partial charge in [-0.2, -0.15) is 10.2 Å². The lowest BCUT2D eigenvalue weighted by atomic mass is 10.3. The van der Waals surface area contributed by atoms with Gasteiger partial charge in [0.25, 0.3) is 17.6 Å². The number of benzene rings is 3. The highest BCUT2D eigenvalue weighted by molar-refractivity contribution is 6.31. The van der Waals surface area contributed by atoms with E-state index in [0.29, 0.717) is 43.8 Å². The van der Waals surface area contributed by atoms with Crippen LogP contribution in [0.5, 0.6) is 17.6 Å². The summed E-state index contributed by atoms with van der Waals surface area (Å²) in [5, 5.41) is 51.8. The Kier molecular flexibility index (Phi) is 19.5. The van der Waals surface area contributed by atoms with Gasteiger partial charge in [0.2, 0.25) is 34.6 Å². The number of halogens is 6. The minimum atomic E-state index is -0.856. The molecule has 0 spiro atoms. The highest BCUT2D eigenvalue weighted by Gasteiger charge is 2.26. The number of carbonyl (C=O) groups is 1. The standard InChI is InChI=1S/C16H13ClFN7O4.C15H15ClFN7O3.C14H11ClFN5O5/c1-8-19-12(21-20-8)3-2-6-27-15-13(22-29-24-15)14-23-28-16(26)25(14)9-4-5-11(18)10(17)7-9;1-8-18-12(21-20-8)3-2-6-26-15-13(23-27-24-15)14(22-25)19-9-4-5-11(17)10(16)7-9;15-8-6-7(3-4-9(8)16)21-12(19-25-14(21)23)11-13(20-26-18-11)24-5-1-2-10(17)22/h4-5,7H,2-3,6H2,1H3,(H,19,20,21);4-5,7,25H,2-3,6H2,1H3,(H,19,22)(H,18,20,21);3-4,6H,1-2,5H2,(H2,17,22). The van der Waals surface area contributed by atoms with Gasteiger partial charge in [-0.25, -0.2) is 60.7 Å². The number of aryl methyl sites for hydroxylation is 4. The number of nitrogens with one attached hydrogen (secondary N) is 3. The molecule has 82 heavy (non-hydrogen) atoms. The van der Waals surface area contributed by atoms with Crippen molar-refractivity contribution in [1.29, 1.82) is 0 Å². The number of H-pyrrole nitrogens is 2. The number of hydroxylamine groups is 1. The van der Waals surface area contributed by atoms with Gasteiger partial charge < -0.3 is 19.9 Å². The van der Waals surface area contributed by atoms with Crippen molar-refractivity contribution in [2.75, 3.05) is 19.8 Å². The maximum atomic E-state index is 13.4. The Morgan fingerprint density at radius 3 is 1.55 bits per heavy atom. The Balaban J connectivity index is 0.000000161. The van der Waals surface area contributed by atoms with Crippen LogP contribution in [0.2, 0.25) is 15.1 Å². The summed E-state index contributed by atoms with van der Waals surface area (Å²) in [6, 6.07) is 11.2. The van der Waals surface area contributed by atoms with E-state index in [0.717, 1.165) is 39.0 Å². The largest absolute Gasteiger partial charge is 0.474 e. The summed E-state index contributed by atoms with van der Waals surface area (Å²) in [6.45, 7) is 4.28. The van der Waals surface area contributed by atoms with E-state index in [1.807, 2.05) is 19.3 Å². The van der Waals surface area contributed by atoms with Gasteiger partial charge in [0, 0.05) is 19.3 Å². The maximum Gasteiger partial charge on any atom is 0.446 e. The Hall–Kier alpha value is -9.80. The van der Waals surface area contributed by atoms with Gasteiger partial charge in [-0.1, -0.05) is 45.1 Å². The number of aromatic nitrogens is 16. The van der Waals surface area contributed by atoms with Crippen LogP contribution in [0.3, 0.4) is 0 Å². The molecule has 3 aromatic carbocycles. The van der Waals surface area contributed by atoms with Gasteiger partial charge in [0.05, 0.1) is 52.0 Å². The van der Waals surface area contributed by atoms with E-state index in [1.54, 1.807) is 0 Å². The van der Waals surface area contributed by atoms with Crippen molar-refractivity contribution in [2.24, 2.45) is 10.7 Å². The van der Waals surface area contributed by atoms with Crippen molar-refractivity contribution in [3.63, 3.8) is 0 Å². The monoisotopic (exact) mass is 1200 g/mol. The smallest absolute Gasteiger partial charge is 0.446 e. The molecule has 31 nitrogen and oxygen atoms in total. The van der Waals surface area contributed by atoms with Gasteiger partial charge in [0.1, 0.15) is 29.1 Å². The van der Waals surface area contributed by atoms with Gasteiger partial charge in [-0.05, 0) is 119 Å². The molecule has 0 bridgehead atoms. The third-order valence-corrected chi connectivity index (χ3v) is 11.3. The van der Waals surface area contributed by atoms with Crippen LogP contribution in [0.25, 0.3) is 34.4 Å². The van der Waals surface area contributed by atoms with Gasteiger partial charge >= 0.3 is 11.5 Å². The third kappa shape index (κ3) is 14.9. The zero-order chi connectivity index (χ0) is 58.3. The van der Waals surface area contributed by atoms with Crippen molar-refractivity contribution in [3.05, 3.63) is 137 Å². The summed E-state index contributed by atoms with van der Waals surface area (Å²) in [7, 11) is 0. The minimum Gasteiger partial charge on any atom is -0.474 e. The van der Waals surface area contributed by atoms with Crippen LogP contribution in [0.1, 0.15) is 54.7 Å². The Bertz CT molecular complexity index is 3930. The second kappa shape index (κ2) is 27.4. The summed E-state index contributed by atoms with van der Waals surface area (Å²) in [5.74, 6) is -1.40. The number of rotatable bonds is 21. The fourth-order valence-electron chi connectivity index (χ4n) is 6.78. The SMILES string of the molecule is Cc1nc(CCCOc2nonc2-c2noc(=O)n2-c2ccc(F)c(Cl)c2)n[nH]1.Cc1nc(CCCOc2nonc2C(=Nc2ccc(F)c(Cl)c2)NO)n[nH]1.NC(=O)CCCOc1nonc1-c1noc(=O)n1-c1ccc(F)c(Cl)c1. The third-order valence-electron chi connectivity index (χ3n) is 10.5. The number of nitrogens with two attached hydrogens (primary N) is 1. The second-order valence-electron chi connectivity index (χ2n) is 16.3. The van der Waals surface area contributed by atoms with Crippen LogP contribution in [0.4, 0.5) is 18.9 Å². The molecule has 0 aliphatic rings. The molecular weight excluding hydrogens is 1160 g/mol. The number of primary amides is 1. The topological polar surface area (TPSA) is 411 Å². The second-order valence-corrected chi connectivity index (χ2v) is 17.6. The molecular formula is C45H39Cl3F3N19O12. The molecule has 0 saturated carbocycles. The average Bonchev–Trinajstić information content (AvgIpc) is 4.54. The number of hydrogen-bond acceptors (Lipinski definition) is 25. The van der Waals surface area contributed by atoms with Crippen molar-refractivity contribution in [1.82, 2.24) is 86.2 Å². The highest BCUT2D eigenvalue weighted by Crippen LogP contribution is 2.30. The Labute approximate surface area is 469 Å². The molecule has 0 aliphatic carbocycles. The fraction of sp³-hybridized carbons (Fsp3) is 0.244. The van der Waals surface area contributed by atoms with E-state index in [-0.39, 0.29) is 111 Å². The van der Waals surface area contributed by atoms with E-state index < -0.39 is 34.9 Å². The molecule has 0 saturated heterocycles. The van der Waals surface area contributed by atoms with Gasteiger partial charge in [-0.15, -0.1) is 0 Å². The molecule has 0 atom stereocenters. The first-order valence-corrected chi connectivity index (χ1v) is 24.6. The lowest BCUT2D eigenvalue weighted by Crippen LogP contribution is -2.21. The predicted octanol–water partition coefficient (Wildman–Crippen LogP) is 5.78. The van der Waals surface area contributed by atoms with E-state index >= 15 is 0 Å². The molecule has 0 fully saturated rings. The highest BCUT2D eigenvalue weighted by atomic mass is 35.5. The summed E-state index contributed by atoms with van der Waals surface area (Å²) in [6.07, 6.45) is 2.90. The summed E-state index contributed by atoms with van der Waals surface area (Å²) >= 11 is 17.3. The molecule has 0 unspecified atom stereocenters. The number of aliphatic imine (C=N–C) groups is 1. The number of amidine groups is 1. The van der Waals surface area contributed by atoms with Crippen LogP contribution in [-0.4, -0.2) is 118 Å². The molecule has 0 aliphatic heterocycles. The molecule has 7 heterocycles. The zero-order valence-electron chi connectivity index (χ0n) is 42.1. The zero-order valence-corrected chi connectivity index (χ0v) is 44.3. The number of amides is 1.